The smallest absolute Gasteiger partial charge is 0.293 e. The molecule has 2 aromatic rings. The minimum absolute atomic E-state index is 0.264. The topological polar surface area (TPSA) is 55.8 Å². The molecule has 134 valence electrons. The van der Waals surface area contributed by atoms with Gasteiger partial charge in [-0.2, -0.15) is 0 Å². The summed E-state index contributed by atoms with van der Waals surface area (Å²) in [7, 11) is 3.13. The molecule has 5 nitrogen and oxygen atoms in total. The van der Waals surface area contributed by atoms with Gasteiger partial charge in [0.15, 0.2) is 0 Å². The molecule has 2 amide bonds. The van der Waals surface area contributed by atoms with E-state index in [1.54, 1.807) is 38.5 Å². The van der Waals surface area contributed by atoms with Crippen LogP contribution in [0.25, 0.3) is 6.08 Å². The summed E-state index contributed by atoms with van der Waals surface area (Å²) in [5, 5.41) is -0.269. The zero-order chi connectivity index (χ0) is 18.7. The molecule has 0 atom stereocenters. The van der Waals surface area contributed by atoms with Gasteiger partial charge in [-0.05, 0) is 75.8 Å². The van der Waals surface area contributed by atoms with Crippen LogP contribution in [-0.4, -0.2) is 30.3 Å². The quantitative estimate of drug-likeness (QED) is 0.464. The van der Waals surface area contributed by atoms with E-state index in [9.17, 15) is 9.59 Å². The largest absolute Gasteiger partial charge is 0.497 e. The maximum Gasteiger partial charge on any atom is 0.293 e. The Labute approximate surface area is 169 Å². The van der Waals surface area contributed by atoms with Crippen molar-refractivity contribution in [2.75, 3.05) is 14.2 Å². The van der Waals surface area contributed by atoms with E-state index in [0.717, 1.165) is 26.5 Å². The van der Waals surface area contributed by atoms with Crippen molar-refractivity contribution in [3.63, 3.8) is 0 Å². The highest BCUT2D eigenvalue weighted by Gasteiger charge is 2.35. The van der Waals surface area contributed by atoms with E-state index in [0.29, 0.717) is 16.4 Å². The third-order valence-electron chi connectivity index (χ3n) is 3.80. The molecule has 2 aromatic carbocycles. The standard InChI is InChI=1S/C19H16INO4S/c1-24-15-7-13(8-16(10-15)25-2)9-17-18(22)21(19(23)26-17)11-12-3-5-14(20)6-4-12/h3-10H,11H2,1-2H3/b17-9-. The second-order valence-electron chi connectivity index (χ2n) is 5.54. The average Bonchev–Trinajstić information content (AvgIpc) is 2.90. The van der Waals surface area contributed by atoms with Crippen molar-refractivity contribution in [1.29, 1.82) is 0 Å². The number of thioether (sulfide) groups is 1. The molecule has 7 heteroatoms. The maximum absolute atomic E-state index is 12.7. The Kier molecular flexibility index (Phi) is 5.87. The van der Waals surface area contributed by atoms with E-state index in [1.807, 2.05) is 24.3 Å². The van der Waals surface area contributed by atoms with Gasteiger partial charge in [-0.25, -0.2) is 0 Å². The first-order valence-corrected chi connectivity index (χ1v) is 9.62. The van der Waals surface area contributed by atoms with Crippen LogP contribution in [-0.2, 0) is 11.3 Å². The Morgan fingerprint density at radius 1 is 1.04 bits per heavy atom. The molecule has 1 saturated heterocycles. The molecule has 0 bridgehead atoms. The van der Waals surface area contributed by atoms with Crippen molar-refractivity contribution in [3.05, 3.63) is 62.1 Å². The fourth-order valence-corrected chi connectivity index (χ4v) is 3.67. The first-order valence-electron chi connectivity index (χ1n) is 7.73. The van der Waals surface area contributed by atoms with Crippen molar-refractivity contribution in [2.45, 2.75) is 6.54 Å². The van der Waals surface area contributed by atoms with Crippen LogP contribution in [0.15, 0.2) is 47.4 Å². The number of benzene rings is 2. The summed E-state index contributed by atoms with van der Waals surface area (Å²) in [6.45, 7) is 0.264. The van der Waals surface area contributed by atoms with Crippen LogP contribution in [0.1, 0.15) is 11.1 Å². The van der Waals surface area contributed by atoms with Crippen LogP contribution in [0, 0.1) is 3.57 Å². The fourth-order valence-electron chi connectivity index (χ4n) is 2.47. The molecule has 3 rings (SSSR count). The van der Waals surface area contributed by atoms with Crippen molar-refractivity contribution < 1.29 is 19.1 Å². The van der Waals surface area contributed by atoms with Gasteiger partial charge in [-0.1, -0.05) is 12.1 Å². The Morgan fingerprint density at radius 3 is 2.23 bits per heavy atom. The van der Waals surface area contributed by atoms with Gasteiger partial charge in [-0.3, -0.25) is 14.5 Å². The first-order chi connectivity index (χ1) is 12.5. The van der Waals surface area contributed by atoms with Gasteiger partial charge < -0.3 is 9.47 Å². The number of carbonyl (C=O) groups is 2. The third-order valence-corrected chi connectivity index (χ3v) is 5.43. The van der Waals surface area contributed by atoms with Gasteiger partial charge in [0.1, 0.15) is 11.5 Å². The third kappa shape index (κ3) is 4.21. The molecule has 1 fully saturated rings. The lowest BCUT2D eigenvalue weighted by Crippen LogP contribution is -2.27. The van der Waals surface area contributed by atoms with E-state index in [-0.39, 0.29) is 17.7 Å². The van der Waals surface area contributed by atoms with E-state index in [1.165, 1.54) is 4.90 Å². The molecule has 0 aliphatic carbocycles. The summed E-state index contributed by atoms with van der Waals surface area (Å²) in [6, 6.07) is 13.1. The van der Waals surface area contributed by atoms with E-state index < -0.39 is 0 Å². The van der Waals surface area contributed by atoms with Crippen molar-refractivity contribution >= 4 is 51.6 Å². The molecule has 1 aliphatic heterocycles. The molecule has 0 saturated carbocycles. The summed E-state index contributed by atoms with van der Waals surface area (Å²) in [4.78, 5) is 26.6. The normalized spacial score (nSPS) is 15.7. The lowest BCUT2D eigenvalue weighted by molar-refractivity contribution is -0.123. The van der Waals surface area contributed by atoms with E-state index in [4.69, 9.17) is 9.47 Å². The maximum atomic E-state index is 12.7. The number of ether oxygens (including phenoxy) is 2. The summed E-state index contributed by atoms with van der Waals surface area (Å²) in [5.74, 6) is 0.947. The van der Waals surface area contributed by atoms with Crippen LogP contribution in [0.5, 0.6) is 11.5 Å². The van der Waals surface area contributed by atoms with Gasteiger partial charge >= 0.3 is 0 Å². The zero-order valence-corrected chi connectivity index (χ0v) is 17.2. The minimum atomic E-state index is -0.291. The summed E-state index contributed by atoms with van der Waals surface area (Å²) in [5.41, 5.74) is 1.65. The highest BCUT2D eigenvalue weighted by molar-refractivity contribution is 14.1. The number of amides is 2. The number of nitrogens with zero attached hydrogens (tertiary/aromatic N) is 1. The molecule has 0 spiro atoms. The van der Waals surface area contributed by atoms with Crippen LogP contribution in [0.3, 0.4) is 0 Å². The number of methoxy groups -OCH3 is 2. The number of rotatable bonds is 5. The minimum Gasteiger partial charge on any atom is -0.497 e. The molecule has 26 heavy (non-hydrogen) atoms. The van der Waals surface area contributed by atoms with E-state index in [2.05, 4.69) is 22.6 Å². The molecule has 0 unspecified atom stereocenters. The van der Waals surface area contributed by atoms with Crippen molar-refractivity contribution in [2.24, 2.45) is 0 Å². The summed E-state index contributed by atoms with van der Waals surface area (Å²) in [6.07, 6.45) is 1.68. The van der Waals surface area contributed by atoms with Gasteiger partial charge in [-0.15, -0.1) is 0 Å². The van der Waals surface area contributed by atoms with Gasteiger partial charge in [0, 0.05) is 9.64 Å². The monoisotopic (exact) mass is 481 g/mol. The van der Waals surface area contributed by atoms with Crippen LogP contribution >= 0.6 is 34.4 Å². The predicted octanol–water partition coefficient (Wildman–Crippen LogP) is 4.54. The van der Waals surface area contributed by atoms with Gasteiger partial charge in [0.25, 0.3) is 11.1 Å². The highest BCUT2D eigenvalue weighted by Crippen LogP contribution is 2.34. The molecular weight excluding hydrogens is 465 g/mol. The van der Waals surface area contributed by atoms with Crippen LogP contribution < -0.4 is 9.47 Å². The first kappa shape index (κ1) is 18.8. The number of hydrogen-bond donors (Lipinski definition) is 0. The second-order valence-corrected chi connectivity index (χ2v) is 7.78. The number of hydrogen-bond acceptors (Lipinski definition) is 5. The molecule has 1 aliphatic rings. The van der Waals surface area contributed by atoms with Crippen molar-refractivity contribution in [3.8, 4) is 11.5 Å². The fraction of sp³-hybridized carbons (Fsp3) is 0.158. The lowest BCUT2D eigenvalue weighted by atomic mass is 10.1. The predicted molar refractivity (Wildman–Crippen MR) is 110 cm³/mol. The Morgan fingerprint density at radius 2 is 1.65 bits per heavy atom. The van der Waals surface area contributed by atoms with E-state index >= 15 is 0 Å². The average molecular weight is 481 g/mol. The van der Waals surface area contributed by atoms with Crippen LogP contribution in [0.2, 0.25) is 0 Å². The Hall–Kier alpha value is -2.00. The molecule has 0 aromatic heterocycles. The highest BCUT2D eigenvalue weighted by atomic mass is 127. The molecule has 0 radical (unpaired) electrons. The lowest BCUT2D eigenvalue weighted by Gasteiger charge is -2.12. The van der Waals surface area contributed by atoms with Crippen LogP contribution in [0.4, 0.5) is 4.79 Å². The van der Waals surface area contributed by atoms with Gasteiger partial charge in [0.2, 0.25) is 0 Å². The molecule has 1 heterocycles. The Balaban J connectivity index is 1.84. The number of imide groups is 1. The van der Waals surface area contributed by atoms with Gasteiger partial charge in [0.05, 0.1) is 25.7 Å². The number of carbonyl (C=O) groups excluding carboxylic acids is 2. The SMILES string of the molecule is COc1cc(/C=C2\SC(=O)N(Cc3ccc(I)cc3)C2=O)cc(OC)c1. The zero-order valence-electron chi connectivity index (χ0n) is 14.2. The summed E-state index contributed by atoms with van der Waals surface area (Å²) >= 11 is 3.16. The molecule has 0 N–H and O–H groups in total. The second kappa shape index (κ2) is 8.13. The number of halogens is 1. The van der Waals surface area contributed by atoms with Crippen molar-refractivity contribution in [1.82, 2.24) is 4.90 Å². The Bertz CT molecular complexity index is 857. The summed E-state index contributed by atoms with van der Waals surface area (Å²) < 4.78 is 11.6. The molecular formula is C19H16INO4S.